The van der Waals surface area contributed by atoms with Crippen LogP contribution in [0.3, 0.4) is 0 Å². The van der Waals surface area contributed by atoms with Crippen LogP contribution in [0.2, 0.25) is 0 Å². The molecule has 0 unspecified atom stereocenters. The number of benzene rings is 1. The fraction of sp³-hybridized carbons (Fsp3) is 0.211. The van der Waals surface area contributed by atoms with Gasteiger partial charge in [-0.2, -0.15) is 9.50 Å². The molecule has 0 saturated carbocycles. The first-order valence-electron chi connectivity index (χ1n) is 8.29. The van der Waals surface area contributed by atoms with Crippen molar-refractivity contribution >= 4 is 17.3 Å². The van der Waals surface area contributed by atoms with E-state index < -0.39 is 0 Å². The second kappa shape index (κ2) is 6.05. The number of hydrogen-bond acceptors (Lipinski definition) is 5. The van der Waals surface area contributed by atoms with Gasteiger partial charge in [-0.1, -0.05) is 19.1 Å². The quantitative estimate of drug-likeness (QED) is 0.603. The normalized spacial score (nSPS) is 11.2. The SMILES string of the molecule is CCc1cccc(Nc2c(C)c(C)nc3nc(-c4ccco4)nn23)c1. The minimum absolute atomic E-state index is 0.521. The molecule has 0 fully saturated rings. The van der Waals surface area contributed by atoms with Crippen molar-refractivity contribution in [3.05, 3.63) is 59.5 Å². The third-order valence-corrected chi connectivity index (χ3v) is 4.31. The molecule has 0 spiro atoms. The number of nitrogens with zero attached hydrogens (tertiary/aromatic N) is 4. The van der Waals surface area contributed by atoms with Crippen molar-refractivity contribution in [2.24, 2.45) is 0 Å². The van der Waals surface area contributed by atoms with Crippen LogP contribution >= 0.6 is 0 Å². The van der Waals surface area contributed by atoms with Crippen LogP contribution in [-0.4, -0.2) is 19.6 Å². The molecule has 25 heavy (non-hydrogen) atoms. The van der Waals surface area contributed by atoms with Crippen molar-refractivity contribution in [3.8, 4) is 11.6 Å². The van der Waals surface area contributed by atoms with Gasteiger partial charge in [0.05, 0.1) is 6.26 Å². The zero-order valence-corrected chi connectivity index (χ0v) is 14.4. The van der Waals surface area contributed by atoms with E-state index >= 15 is 0 Å². The van der Waals surface area contributed by atoms with Crippen LogP contribution in [0.1, 0.15) is 23.7 Å². The Balaban J connectivity index is 1.84. The minimum Gasteiger partial charge on any atom is -0.461 e. The van der Waals surface area contributed by atoms with Crippen LogP contribution < -0.4 is 5.32 Å². The average molecular weight is 333 g/mol. The summed E-state index contributed by atoms with van der Waals surface area (Å²) in [5, 5.41) is 8.06. The zero-order chi connectivity index (χ0) is 17.4. The number of aryl methyl sites for hydroxylation is 2. The number of hydrogen-bond donors (Lipinski definition) is 1. The molecule has 4 aromatic rings. The summed E-state index contributed by atoms with van der Waals surface area (Å²) in [4.78, 5) is 9.05. The molecule has 0 aliphatic rings. The summed E-state index contributed by atoms with van der Waals surface area (Å²) in [6.45, 7) is 6.15. The lowest BCUT2D eigenvalue weighted by molar-refractivity contribution is 0.577. The first kappa shape index (κ1) is 15.4. The molecule has 0 saturated heterocycles. The summed E-state index contributed by atoms with van der Waals surface area (Å²) >= 11 is 0. The van der Waals surface area contributed by atoms with Gasteiger partial charge >= 0.3 is 0 Å². The molecule has 1 N–H and O–H groups in total. The van der Waals surface area contributed by atoms with E-state index in [1.807, 2.05) is 32.0 Å². The molecule has 126 valence electrons. The fourth-order valence-corrected chi connectivity index (χ4v) is 2.75. The topological polar surface area (TPSA) is 68.2 Å². The molecule has 3 heterocycles. The highest BCUT2D eigenvalue weighted by atomic mass is 16.3. The third-order valence-electron chi connectivity index (χ3n) is 4.31. The van der Waals surface area contributed by atoms with Gasteiger partial charge in [-0.05, 0) is 50.1 Å². The summed E-state index contributed by atoms with van der Waals surface area (Å²) < 4.78 is 7.15. The highest BCUT2D eigenvalue weighted by molar-refractivity contribution is 5.64. The molecule has 1 aromatic carbocycles. The molecule has 0 bridgehead atoms. The number of furan rings is 1. The molecule has 0 amide bonds. The minimum atomic E-state index is 0.521. The van der Waals surface area contributed by atoms with E-state index in [2.05, 4.69) is 45.5 Å². The van der Waals surface area contributed by atoms with Crippen molar-refractivity contribution < 1.29 is 4.42 Å². The highest BCUT2D eigenvalue weighted by Crippen LogP contribution is 2.25. The van der Waals surface area contributed by atoms with Crippen molar-refractivity contribution in [2.75, 3.05) is 5.32 Å². The van der Waals surface area contributed by atoms with Crippen LogP contribution in [0, 0.1) is 13.8 Å². The lowest BCUT2D eigenvalue weighted by Gasteiger charge is -2.13. The molecule has 6 nitrogen and oxygen atoms in total. The summed E-state index contributed by atoms with van der Waals surface area (Å²) in [5.74, 6) is 2.55. The van der Waals surface area contributed by atoms with Gasteiger partial charge in [-0.3, -0.25) is 0 Å². The molecule has 0 aliphatic heterocycles. The Labute approximate surface area is 145 Å². The van der Waals surface area contributed by atoms with Crippen molar-refractivity contribution in [1.82, 2.24) is 19.6 Å². The predicted molar refractivity (Wildman–Crippen MR) is 97.1 cm³/mol. The number of anilines is 2. The predicted octanol–water partition coefficient (Wildman–Crippen LogP) is 4.31. The maximum Gasteiger partial charge on any atom is 0.255 e. The van der Waals surface area contributed by atoms with Gasteiger partial charge in [0.25, 0.3) is 5.78 Å². The maximum atomic E-state index is 5.41. The first-order chi connectivity index (χ1) is 12.2. The van der Waals surface area contributed by atoms with E-state index in [4.69, 9.17) is 4.42 Å². The molecule has 4 rings (SSSR count). The number of aromatic nitrogens is 4. The molecule has 0 radical (unpaired) electrons. The van der Waals surface area contributed by atoms with Crippen LogP contribution in [-0.2, 0) is 6.42 Å². The summed E-state index contributed by atoms with van der Waals surface area (Å²) in [7, 11) is 0. The molecule has 0 atom stereocenters. The monoisotopic (exact) mass is 333 g/mol. The van der Waals surface area contributed by atoms with E-state index in [0.29, 0.717) is 17.4 Å². The smallest absolute Gasteiger partial charge is 0.255 e. The average Bonchev–Trinajstić information content (AvgIpc) is 3.28. The molecular formula is C19H19N5O. The fourth-order valence-electron chi connectivity index (χ4n) is 2.75. The lowest BCUT2D eigenvalue weighted by atomic mass is 10.1. The summed E-state index contributed by atoms with van der Waals surface area (Å²) in [6.07, 6.45) is 2.60. The van der Waals surface area contributed by atoms with Gasteiger partial charge in [-0.25, -0.2) is 4.98 Å². The van der Waals surface area contributed by atoms with E-state index in [9.17, 15) is 0 Å². The van der Waals surface area contributed by atoms with E-state index in [-0.39, 0.29) is 0 Å². The Hall–Kier alpha value is -3.15. The second-order valence-corrected chi connectivity index (χ2v) is 5.97. The van der Waals surface area contributed by atoms with E-state index in [1.165, 1.54) is 5.56 Å². The Kier molecular flexibility index (Phi) is 3.72. The van der Waals surface area contributed by atoms with Gasteiger partial charge < -0.3 is 9.73 Å². The molecule has 3 aromatic heterocycles. The van der Waals surface area contributed by atoms with Crippen molar-refractivity contribution in [1.29, 1.82) is 0 Å². The van der Waals surface area contributed by atoms with E-state index in [0.717, 1.165) is 29.2 Å². The standard InChI is InChI=1S/C19H19N5O/c1-4-14-7-5-8-15(11-14)21-18-12(2)13(3)20-19-22-17(23-24(18)19)16-9-6-10-25-16/h5-11,21H,4H2,1-3H3. The first-order valence-corrected chi connectivity index (χ1v) is 8.29. The largest absolute Gasteiger partial charge is 0.461 e. The van der Waals surface area contributed by atoms with E-state index in [1.54, 1.807) is 10.8 Å². The Morgan fingerprint density at radius 3 is 2.76 bits per heavy atom. The lowest BCUT2D eigenvalue weighted by Crippen LogP contribution is -2.06. The van der Waals surface area contributed by atoms with Crippen LogP contribution in [0.5, 0.6) is 0 Å². The Bertz CT molecular complexity index is 1030. The number of rotatable bonds is 4. The van der Waals surface area contributed by atoms with Crippen LogP contribution in [0.25, 0.3) is 17.4 Å². The molecular weight excluding hydrogens is 314 g/mol. The number of fused-ring (bicyclic) bond motifs is 1. The van der Waals surface area contributed by atoms with Gasteiger partial charge in [0.15, 0.2) is 5.76 Å². The third kappa shape index (κ3) is 2.76. The van der Waals surface area contributed by atoms with Gasteiger partial charge in [0.1, 0.15) is 5.82 Å². The number of nitrogens with one attached hydrogen (secondary N) is 1. The van der Waals surface area contributed by atoms with Crippen LogP contribution in [0.15, 0.2) is 47.1 Å². The zero-order valence-electron chi connectivity index (χ0n) is 14.4. The van der Waals surface area contributed by atoms with Gasteiger partial charge in [-0.15, -0.1) is 5.10 Å². The van der Waals surface area contributed by atoms with Gasteiger partial charge in [0, 0.05) is 16.9 Å². The maximum absolute atomic E-state index is 5.41. The molecule has 0 aliphatic carbocycles. The second-order valence-electron chi connectivity index (χ2n) is 5.97. The summed E-state index contributed by atoms with van der Waals surface area (Å²) in [6, 6.07) is 12.0. The summed E-state index contributed by atoms with van der Waals surface area (Å²) in [5.41, 5.74) is 4.24. The highest BCUT2D eigenvalue weighted by Gasteiger charge is 2.16. The van der Waals surface area contributed by atoms with Crippen molar-refractivity contribution in [2.45, 2.75) is 27.2 Å². The molecule has 6 heteroatoms. The Morgan fingerprint density at radius 2 is 2.00 bits per heavy atom. The van der Waals surface area contributed by atoms with Crippen molar-refractivity contribution in [3.63, 3.8) is 0 Å². The van der Waals surface area contributed by atoms with Gasteiger partial charge in [0.2, 0.25) is 5.82 Å². The van der Waals surface area contributed by atoms with Crippen LogP contribution in [0.4, 0.5) is 11.5 Å². The Morgan fingerprint density at radius 1 is 1.12 bits per heavy atom.